The minimum atomic E-state index is -0.674. The molecule has 0 fully saturated rings. The predicted octanol–water partition coefficient (Wildman–Crippen LogP) is 2.47. The van der Waals surface area contributed by atoms with Gasteiger partial charge in [-0.1, -0.05) is 36.4 Å². The topological polar surface area (TPSA) is 76.0 Å². The van der Waals surface area contributed by atoms with Gasteiger partial charge < -0.3 is 19.7 Å². The van der Waals surface area contributed by atoms with E-state index >= 15 is 0 Å². The largest absolute Gasteiger partial charge is 0.508 e. The third-order valence-corrected chi connectivity index (χ3v) is 3.88. The van der Waals surface area contributed by atoms with E-state index in [2.05, 4.69) is 0 Å². The molecule has 5 heteroatoms. The van der Waals surface area contributed by atoms with Gasteiger partial charge in [-0.05, 0) is 22.9 Å². The number of esters is 1. The van der Waals surface area contributed by atoms with Crippen molar-refractivity contribution in [1.82, 2.24) is 0 Å². The Morgan fingerprint density at radius 3 is 2.74 bits per heavy atom. The van der Waals surface area contributed by atoms with Gasteiger partial charge in [-0.15, -0.1) is 0 Å². The molecule has 2 N–H and O–H groups in total. The van der Waals surface area contributed by atoms with Crippen LogP contribution in [0.4, 0.5) is 0 Å². The number of carbonyl (C=O) groups excluding carboxylic acids is 1. The Labute approximate surface area is 133 Å². The van der Waals surface area contributed by atoms with Gasteiger partial charge in [0.2, 0.25) is 0 Å². The molecule has 120 valence electrons. The quantitative estimate of drug-likeness (QED) is 0.672. The molecule has 1 aliphatic rings. The summed E-state index contributed by atoms with van der Waals surface area (Å²) in [7, 11) is 0. The minimum absolute atomic E-state index is 0.126. The SMILES string of the molecule is CC(=O)OC1C=CC(c2c(O)ccc3ccccc23)OC1CO. The third-order valence-electron chi connectivity index (χ3n) is 3.88. The molecule has 0 aromatic heterocycles. The highest BCUT2D eigenvalue weighted by Gasteiger charge is 2.31. The third kappa shape index (κ3) is 3.06. The highest BCUT2D eigenvalue weighted by molar-refractivity contribution is 5.88. The second-order valence-electron chi connectivity index (χ2n) is 5.46. The summed E-state index contributed by atoms with van der Waals surface area (Å²) in [6.45, 7) is 1.02. The molecular weight excluding hydrogens is 296 g/mol. The molecule has 23 heavy (non-hydrogen) atoms. The summed E-state index contributed by atoms with van der Waals surface area (Å²) in [5.41, 5.74) is 0.638. The van der Waals surface area contributed by atoms with Gasteiger partial charge in [0.1, 0.15) is 24.1 Å². The molecule has 0 bridgehead atoms. The number of aliphatic hydroxyl groups excluding tert-OH is 1. The maximum atomic E-state index is 11.1. The van der Waals surface area contributed by atoms with Crippen LogP contribution >= 0.6 is 0 Å². The molecule has 0 spiro atoms. The number of hydrogen-bond donors (Lipinski definition) is 2. The summed E-state index contributed by atoms with van der Waals surface area (Å²) in [4.78, 5) is 11.1. The van der Waals surface area contributed by atoms with Crippen molar-refractivity contribution in [2.24, 2.45) is 0 Å². The van der Waals surface area contributed by atoms with Crippen LogP contribution in [0.2, 0.25) is 0 Å². The van der Waals surface area contributed by atoms with Gasteiger partial charge in [-0.3, -0.25) is 4.79 Å². The average Bonchev–Trinajstić information content (AvgIpc) is 2.55. The number of aliphatic hydroxyl groups is 1. The van der Waals surface area contributed by atoms with Crippen molar-refractivity contribution in [3.05, 3.63) is 54.1 Å². The highest BCUT2D eigenvalue weighted by Crippen LogP contribution is 2.37. The molecule has 0 radical (unpaired) electrons. The lowest BCUT2D eigenvalue weighted by Crippen LogP contribution is -2.38. The van der Waals surface area contributed by atoms with Crippen LogP contribution in [-0.2, 0) is 14.3 Å². The summed E-state index contributed by atoms with van der Waals surface area (Å²) >= 11 is 0. The summed E-state index contributed by atoms with van der Waals surface area (Å²) in [6.07, 6.45) is 1.60. The van der Waals surface area contributed by atoms with E-state index in [9.17, 15) is 15.0 Å². The Hall–Kier alpha value is -2.37. The number of benzene rings is 2. The fraction of sp³-hybridized carbons (Fsp3) is 0.278. The Morgan fingerprint density at radius 2 is 2.00 bits per heavy atom. The van der Waals surface area contributed by atoms with Crippen LogP contribution in [0.5, 0.6) is 5.75 Å². The number of fused-ring (bicyclic) bond motifs is 1. The van der Waals surface area contributed by atoms with Gasteiger partial charge in [0.25, 0.3) is 0 Å². The van der Waals surface area contributed by atoms with Gasteiger partial charge in [-0.2, -0.15) is 0 Å². The summed E-state index contributed by atoms with van der Waals surface area (Å²) in [5.74, 6) is -0.311. The normalized spacial score (nSPS) is 23.8. The van der Waals surface area contributed by atoms with E-state index in [0.717, 1.165) is 10.8 Å². The van der Waals surface area contributed by atoms with Gasteiger partial charge in [0, 0.05) is 12.5 Å². The Bertz CT molecular complexity index is 752. The first-order chi connectivity index (χ1) is 11.1. The van der Waals surface area contributed by atoms with Gasteiger partial charge in [-0.25, -0.2) is 0 Å². The van der Waals surface area contributed by atoms with Crippen molar-refractivity contribution < 1.29 is 24.5 Å². The van der Waals surface area contributed by atoms with Gasteiger partial charge >= 0.3 is 5.97 Å². The van der Waals surface area contributed by atoms with E-state index in [1.807, 2.05) is 30.3 Å². The molecule has 3 unspecified atom stereocenters. The van der Waals surface area contributed by atoms with E-state index in [1.54, 1.807) is 18.2 Å². The van der Waals surface area contributed by atoms with Crippen molar-refractivity contribution >= 4 is 16.7 Å². The molecule has 0 amide bonds. The number of carbonyl (C=O) groups is 1. The van der Waals surface area contributed by atoms with E-state index in [4.69, 9.17) is 9.47 Å². The predicted molar refractivity (Wildman–Crippen MR) is 85.0 cm³/mol. The Kier molecular flexibility index (Phi) is 4.32. The lowest BCUT2D eigenvalue weighted by molar-refractivity contribution is -0.157. The van der Waals surface area contributed by atoms with Crippen molar-refractivity contribution in [2.75, 3.05) is 6.61 Å². The molecule has 0 aliphatic carbocycles. The number of phenols is 1. The van der Waals surface area contributed by atoms with Crippen LogP contribution in [0.15, 0.2) is 48.6 Å². The summed E-state index contributed by atoms with van der Waals surface area (Å²) in [6, 6.07) is 11.1. The summed E-state index contributed by atoms with van der Waals surface area (Å²) in [5, 5.41) is 21.6. The Morgan fingerprint density at radius 1 is 1.22 bits per heavy atom. The molecule has 3 rings (SSSR count). The van der Waals surface area contributed by atoms with Crippen molar-refractivity contribution in [3.63, 3.8) is 0 Å². The highest BCUT2D eigenvalue weighted by atomic mass is 16.6. The van der Waals surface area contributed by atoms with Crippen LogP contribution in [0, 0.1) is 0 Å². The average molecular weight is 314 g/mol. The lowest BCUT2D eigenvalue weighted by atomic mass is 9.96. The molecule has 0 saturated carbocycles. The van der Waals surface area contributed by atoms with E-state index < -0.39 is 24.3 Å². The zero-order valence-electron chi connectivity index (χ0n) is 12.7. The van der Waals surface area contributed by atoms with E-state index in [0.29, 0.717) is 5.56 Å². The molecule has 1 heterocycles. The standard InChI is InChI=1S/C18H18O5/c1-11(20)22-15-8-9-16(23-17(15)10-19)18-13-5-3-2-4-12(13)6-7-14(18)21/h2-9,15-17,19,21H,10H2,1H3. The van der Waals surface area contributed by atoms with Crippen LogP contribution in [0.1, 0.15) is 18.6 Å². The van der Waals surface area contributed by atoms with E-state index in [-0.39, 0.29) is 12.4 Å². The number of hydrogen-bond acceptors (Lipinski definition) is 5. The molecule has 2 aromatic rings. The fourth-order valence-corrected chi connectivity index (χ4v) is 2.85. The molecular formula is C18H18O5. The van der Waals surface area contributed by atoms with Crippen LogP contribution < -0.4 is 0 Å². The second-order valence-corrected chi connectivity index (χ2v) is 5.46. The molecule has 0 saturated heterocycles. The minimum Gasteiger partial charge on any atom is -0.508 e. The smallest absolute Gasteiger partial charge is 0.303 e. The first-order valence-corrected chi connectivity index (χ1v) is 7.42. The van der Waals surface area contributed by atoms with Crippen molar-refractivity contribution in [1.29, 1.82) is 0 Å². The number of ether oxygens (including phenoxy) is 2. The van der Waals surface area contributed by atoms with Crippen molar-refractivity contribution in [2.45, 2.75) is 25.2 Å². The molecule has 5 nitrogen and oxygen atoms in total. The molecule has 1 aliphatic heterocycles. The van der Waals surface area contributed by atoms with Crippen LogP contribution in [0.25, 0.3) is 10.8 Å². The van der Waals surface area contributed by atoms with Crippen molar-refractivity contribution in [3.8, 4) is 5.75 Å². The zero-order chi connectivity index (χ0) is 16.4. The molecule has 2 aromatic carbocycles. The maximum absolute atomic E-state index is 11.1. The number of aromatic hydroxyl groups is 1. The van der Waals surface area contributed by atoms with Gasteiger partial charge in [0.15, 0.2) is 0 Å². The van der Waals surface area contributed by atoms with Crippen LogP contribution in [0.3, 0.4) is 0 Å². The zero-order valence-corrected chi connectivity index (χ0v) is 12.7. The van der Waals surface area contributed by atoms with Gasteiger partial charge in [0.05, 0.1) is 6.61 Å². The Balaban J connectivity index is 2.00. The second kappa shape index (κ2) is 6.40. The number of rotatable bonds is 3. The monoisotopic (exact) mass is 314 g/mol. The van der Waals surface area contributed by atoms with E-state index in [1.165, 1.54) is 6.92 Å². The number of phenolic OH excluding ortho intramolecular Hbond substituents is 1. The summed E-state index contributed by atoms with van der Waals surface area (Å²) < 4.78 is 11.0. The maximum Gasteiger partial charge on any atom is 0.303 e. The van der Waals surface area contributed by atoms with Crippen LogP contribution in [-0.4, -0.2) is 35.0 Å². The first kappa shape index (κ1) is 15.5. The fourth-order valence-electron chi connectivity index (χ4n) is 2.85. The lowest BCUT2D eigenvalue weighted by Gasteiger charge is -2.31. The first-order valence-electron chi connectivity index (χ1n) is 7.42. The molecule has 3 atom stereocenters.